The second kappa shape index (κ2) is 9.32. The minimum Gasteiger partial charge on any atom is -0.327 e. The highest BCUT2D eigenvalue weighted by molar-refractivity contribution is 5.84. The van der Waals surface area contributed by atoms with Crippen molar-refractivity contribution in [3.63, 3.8) is 0 Å². The Kier molecular flexibility index (Phi) is 5.88. The van der Waals surface area contributed by atoms with Gasteiger partial charge in [0.1, 0.15) is 0 Å². The maximum atomic E-state index is 12.0. The molecule has 180 valence electrons. The van der Waals surface area contributed by atoms with E-state index in [0.717, 1.165) is 81.9 Å². The maximum absolute atomic E-state index is 12.0. The molecule has 2 N–H and O–H groups in total. The molecule has 3 aliphatic rings. The molecule has 0 radical (unpaired) electrons. The summed E-state index contributed by atoms with van der Waals surface area (Å²) in [6.07, 6.45) is 10.3. The number of aromatic amines is 2. The van der Waals surface area contributed by atoms with Crippen molar-refractivity contribution in [3.05, 3.63) is 104 Å². The summed E-state index contributed by atoms with van der Waals surface area (Å²) >= 11 is 0. The molecule has 1 fully saturated rings. The molecule has 1 saturated heterocycles. The number of H-pyrrole nitrogens is 2. The standard InChI is InChI=1S/C28H31N5O2/c34-27-28(35)30-26-24-16-23(8-6-22(24)7-9-25(26)29-27)33-11-10-21(19-33)18-32-14-12-31(13-15-32)17-20-4-2-1-3-5-20/h1-5,10-11,16,19H,6-9,12-15,17-18H2,(H,29,34)(H,30,35). The van der Waals surface area contributed by atoms with Crippen LogP contribution in [0, 0.1) is 0 Å². The van der Waals surface area contributed by atoms with Crippen molar-refractivity contribution >= 4 is 11.3 Å². The maximum Gasteiger partial charge on any atom is 0.314 e. The number of hydrogen-bond donors (Lipinski definition) is 2. The highest BCUT2D eigenvalue weighted by atomic mass is 16.2. The zero-order chi connectivity index (χ0) is 23.8. The van der Waals surface area contributed by atoms with Gasteiger partial charge in [0.25, 0.3) is 0 Å². The van der Waals surface area contributed by atoms with Crippen LogP contribution in [-0.4, -0.2) is 50.5 Å². The SMILES string of the molecule is O=c1[nH]c2c([nH]c1=O)C1=C(CCC(n3ccc(CN4CCN(Cc5ccccc5)CC4)c3)=C1)CC2. The van der Waals surface area contributed by atoms with Crippen molar-refractivity contribution in [3.8, 4) is 0 Å². The molecule has 2 aromatic heterocycles. The van der Waals surface area contributed by atoms with E-state index in [1.165, 1.54) is 22.4 Å². The van der Waals surface area contributed by atoms with E-state index in [4.69, 9.17) is 0 Å². The van der Waals surface area contributed by atoms with E-state index in [2.05, 4.69) is 79.2 Å². The fraction of sp³-hybridized carbons (Fsp3) is 0.357. The molecule has 3 heterocycles. The highest BCUT2D eigenvalue weighted by Crippen LogP contribution is 2.38. The summed E-state index contributed by atoms with van der Waals surface area (Å²) in [5.41, 5.74) is 6.85. The molecule has 0 amide bonds. The van der Waals surface area contributed by atoms with Gasteiger partial charge in [-0.1, -0.05) is 35.9 Å². The Balaban J connectivity index is 1.12. The summed E-state index contributed by atoms with van der Waals surface area (Å²) < 4.78 is 2.23. The van der Waals surface area contributed by atoms with Crippen LogP contribution in [0.2, 0.25) is 0 Å². The van der Waals surface area contributed by atoms with Crippen molar-refractivity contribution in [1.29, 1.82) is 0 Å². The first-order valence-electron chi connectivity index (χ1n) is 12.6. The lowest BCUT2D eigenvalue weighted by Gasteiger charge is -2.34. The molecule has 6 rings (SSSR count). The Morgan fingerprint density at radius 1 is 0.743 bits per heavy atom. The zero-order valence-corrected chi connectivity index (χ0v) is 19.9. The van der Waals surface area contributed by atoms with Crippen molar-refractivity contribution in [2.45, 2.75) is 38.8 Å². The molecular formula is C28H31N5O2. The lowest BCUT2D eigenvalue weighted by Crippen LogP contribution is -2.45. The number of allylic oxidation sites excluding steroid dienone is 4. The molecule has 0 atom stereocenters. The fourth-order valence-electron chi connectivity index (χ4n) is 5.58. The van der Waals surface area contributed by atoms with Crippen LogP contribution < -0.4 is 11.1 Å². The summed E-state index contributed by atoms with van der Waals surface area (Å²) in [4.78, 5) is 34.4. The van der Waals surface area contributed by atoms with E-state index in [1.807, 2.05) is 0 Å². The number of rotatable bonds is 5. The Hall–Kier alpha value is -3.42. The number of benzene rings is 1. The molecule has 1 aliphatic heterocycles. The van der Waals surface area contributed by atoms with Gasteiger partial charge in [0.05, 0.1) is 5.69 Å². The second-order valence-electron chi connectivity index (χ2n) is 9.88. The van der Waals surface area contributed by atoms with Crippen LogP contribution in [0.4, 0.5) is 0 Å². The Labute approximate surface area is 204 Å². The Morgan fingerprint density at radius 2 is 1.43 bits per heavy atom. The summed E-state index contributed by atoms with van der Waals surface area (Å²) in [5.74, 6) is 0. The molecule has 0 unspecified atom stereocenters. The number of aromatic nitrogens is 3. The third-order valence-corrected chi connectivity index (χ3v) is 7.54. The Morgan fingerprint density at radius 3 is 2.20 bits per heavy atom. The number of nitrogens with one attached hydrogen (secondary N) is 2. The average Bonchev–Trinajstić information content (AvgIpc) is 3.35. The predicted octanol–water partition coefficient (Wildman–Crippen LogP) is 3.22. The normalized spacial score (nSPS) is 18.8. The van der Waals surface area contributed by atoms with Crippen LogP contribution in [0.5, 0.6) is 0 Å². The van der Waals surface area contributed by atoms with E-state index in [0.29, 0.717) is 0 Å². The fourth-order valence-corrected chi connectivity index (χ4v) is 5.58. The minimum atomic E-state index is -0.579. The van der Waals surface area contributed by atoms with Gasteiger partial charge in [-0.2, -0.15) is 0 Å². The lowest BCUT2D eigenvalue weighted by molar-refractivity contribution is 0.122. The van der Waals surface area contributed by atoms with E-state index in [9.17, 15) is 9.59 Å². The molecule has 1 aromatic carbocycles. The topological polar surface area (TPSA) is 77.1 Å². The molecule has 7 heteroatoms. The molecule has 3 aromatic rings. The van der Waals surface area contributed by atoms with Gasteiger partial charge >= 0.3 is 11.1 Å². The number of piperazine rings is 1. The second-order valence-corrected chi connectivity index (χ2v) is 9.88. The molecule has 7 nitrogen and oxygen atoms in total. The molecule has 0 spiro atoms. The number of nitrogens with zero attached hydrogens (tertiary/aromatic N) is 3. The van der Waals surface area contributed by atoms with E-state index in [1.54, 1.807) is 0 Å². The summed E-state index contributed by atoms with van der Waals surface area (Å²) in [5, 5.41) is 0. The van der Waals surface area contributed by atoms with Crippen molar-refractivity contribution in [1.82, 2.24) is 24.3 Å². The van der Waals surface area contributed by atoms with E-state index >= 15 is 0 Å². The summed E-state index contributed by atoms with van der Waals surface area (Å²) in [7, 11) is 0. The van der Waals surface area contributed by atoms with Crippen molar-refractivity contribution in [2.75, 3.05) is 26.2 Å². The predicted molar refractivity (Wildman–Crippen MR) is 138 cm³/mol. The van der Waals surface area contributed by atoms with Crippen molar-refractivity contribution in [2.24, 2.45) is 0 Å². The van der Waals surface area contributed by atoms with Crippen molar-refractivity contribution < 1.29 is 0 Å². The van der Waals surface area contributed by atoms with Crippen LogP contribution in [0.1, 0.15) is 41.8 Å². The van der Waals surface area contributed by atoms with Gasteiger partial charge in [0.2, 0.25) is 0 Å². The molecule has 0 bridgehead atoms. The zero-order valence-electron chi connectivity index (χ0n) is 19.9. The summed E-state index contributed by atoms with van der Waals surface area (Å²) in [6, 6.07) is 12.9. The third-order valence-electron chi connectivity index (χ3n) is 7.54. The molecule has 35 heavy (non-hydrogen) atoms. The Bertz CT molecular complexity index is 1400. The van der Waals surface area contributed by atoms with Crippen LogP contribution in [0.25, 0.3) is 11.3 Å². The van der Waals surface area contributed by atoms with Crippen LogP contribution in [-0.2, 0) is 19.5 Å². The largest absolute Gasteiger partial charge is 0.327 e. The quantitative estimate of drug-likeness (QED) is 0.563. The smallest absolute Gasteiger partial charge is 0.314 e. The van der Waals surface area contributed by atoms with E-state index < -0.39 is 11.1 Å². The molecular weight excluding hydrogens is 438 g/mol. The lowest BCUT2D eigenvalue weighted by atomic mass is 9.85. The monoisotopic (exact) mass is 469 g/mol. The minimum absolute atomic E-state index is 0.566. The molecule has 2 aliphatic carbocycles. The first-order chi connectivity index (χ1) is 17.1. The van der Waals surface area contributed by atoms with Crippen LogP contribution >= 0.6 is 0 Å². The highest BCUT2D eigenvalue weighted by Gasteiger charge is 2.24. The molecule has 0 saturated carbocycles. The van der Waals surface area contributed by atoms with Gasteiger partial charge in [-0.15, -0.1) is 0 Å². The number of fused-ring (bicyclic) bond motifs is 2. The summed E-state index contributed by atoms with van der Waals surface area (Å²) in [6.45, 7) is 6.34. The number of hydrogen-bond acceptors (Lipinski definition) is 4. The van der Waals surface area contributed by atoms with Gasteiger partial charge < -0.3 is 14.5 Å². The van der Waals surface area contributed by atoms with Gasteiger partial charge in [-0.25, -0.2) is 0 Å². The van der Waals surface area contributed by atoms with Gasteiger partial charge in [-0.3, -0.25) is 19.4 Å². The van der Waals surface area contributed by atoms with Crippen LogP contribution in [0.15, 0.2) is 70.0 Å². The van der Waals surface area contributed by atoms with Crippen LogP contribution in [0.3, 0.4) is 0 Å². The number of aryl methyl sites for hydroxylation is 1. The average molecular weight is 470 g/mol. The van der Waals surface area contributed by atoms with E-state index in [-0.39, 0.29) is 0 Å². The van der Waals surface area contributed by atoms with Gasteiger partial charge in [0.15, 0.2) is 0 Å². The first-order valence-corrected chi connectivity index (χ1v) is 12.6. The van der Waals surface area contributed by atoms with Gasteiger partial charge in [-0.05, 0) is 49.0 Å². The third kappa shape index (κ3) is 4.61. The first kappa shape index (κ1) is 22.1. The van der Waals surface area contributed by atoms with Gasteiger partial charge in [0, 0.05) is 68.6 Å².